The van der Waals surface area contributed by atoms with Crippen molar-refractivity contribution in [3.8, 4) is 11.8 Å². The smallest absolute Gasteiger partial charge is 0.336 e. The van der Waals surface area contributed by atoms with Gasteiger partial charge in [-0.2, -0.15) is 5.26 Å². The van der Waals surface area contributed by atoms with Gasteiger partial charge in [0.2, 0.25) is 5.91 Å². The Labute approximate surface area is 210 Å². The first kappa shape index (κ1) is 25.9. The standard InChI is InChI=1S/C27H29N3O4S/c1-6-34-22-10-8-7-9-20(22)25-21(14-28)26(29-18(4)24(25)27(32)33-5)35-15-23(31)30-19-12-11-16(2)17(3)13-19/h7-13,25,29H,6,15H2,1-5H3,(H,30,31)/t25-/m1/s1. The molecular formula is C27H29N3O4S. The average molecular weight is 492 g/mol. The Morgan fingerprint density at radius 3 is 2.54 bits per heavy atom. The quantitative estimate of drug-likeness (QED) is 0.504. The van der Waals surface area contributed by atoms with Gasteiger partial charge >= 0.3 is 5.97 Å². The van der Waals surface area contributed by atoms with Gasteiger partial charge in [0.15, 0.2) is 0 Å². The largest absolute Gasteiger partial charge is 0.494 e. The van der Waals surface area contributed by atoms with E-state index in [1.54, 1.807) is 6.92 Å². The van der Waals surface area contributed by atoms with Crippen LogP contribution in [0.2, 0.25) is 0 Å². The van der Waals surface area contributed by atoms with Crippen LogP contribution in [0, 0.1) is 25.2 Å². The highest BCUT2D eigenvalue weighted by Crippen LogP contribution is 2.44. The number of nitriles is 1. The van der Waals surface area contributed by atoms with Crippen molar-refractivity contribution in [3.63, 3.8) is 0 Å². The molecule has 8 heteroatoms. The third-order valence-electron chi connectivity index (χ3n) is 5.72. The molecule has 0 fully saturated rings. The fourth-order valence-electron chi connectivity index (χ4n) is 3.88. The number of carbonyl (C=O) groups excluding carboxylic acids is 2. The summed E-state index contributed by atoms with van der Waals surface area (Å²) in [5, 5.41) is 16.7. The fraction of sp³-hybridized carbons (Fsp3) is 0.296. The van der Waals surface area contributed by atoms with E-state index in [1.165, 1.54) is 18.9 Å². The van der Waals surface area contributed by atoms with Gasteiger partial charge in [0.05, 0.1) is 47.6 Å². The van der Waals surface area contributed by atoms with E-state index in [2.05, 4.69) is 16.7 Å². The third kappa shape index (κ3) is 5.87. The maximum absolute atomic E-state index is 12.8. The topological polar surface area (TPSA) is 100 Å². The molecule has 0 saturated carbocycles. The molecule has 0 spiro atoms. The molecule has 2 aromatic carbocycles. The van der Waals surface area contributed by atoms with E-state index in [9.17, 15) is 14.9 Å². The number of rotatable bonds is 8. The summed E-state index contributed by atoms with van der Waals surface area (Å²) < 4.78 is 10.8. The molecule has 1 atom stereocenters. The number of hydrogen-bond donors (Lipinski definition) is 2. The first-order valence-corrected chi connectivity index (χ1v) is 12.2. The van der Waals surface area contributed by atoms with Gasteiger partial charge in [0, 0.05) is 16.9 Å². The maximum atomic E-state index is 12.8. The van der Waals surface area contributed by atoms with Crippen molar-refractivity contribution in [2.45, 2.75) is 33.6 Å². The van der Waals surface area contributed by atoms with Gasteiger partial charge in [0.25, 0.3) is 0 Å². The number of amides is 1. The summed E-state index contributed by atoms with van der Waals surface area (Å²) in [7, 11) is 1.31. The number of benzene rings is 2. The number of nitrogens with one attached hydrogen (secondary N) is 2. The zero-order chi connectivity index (χ0) is 25.5. The van der Waals surface area contributed by atoms with Crippen LogP contribution < -0.4 is 15.4 Å². The molecule has 0 radical (unpaired) electrons. The number of hydrogen-bond acceptors (Lipinski definition) is 7. The van der Waals surface area contributed by atoms with Crippen LogP contribution >= 0.6 is 11.8 Å². The molecule has 1 aliphatic rings. The molecule has 2 aromatic rings. The van der Waals surface area contributed by atoms with Crippen molar-refractivity contribution in [1.29, 1.82) is 5.26 Å². The summed E-state index contributed by atoms with van der Waals surface area (Å²) in [4.78, 5) is 25.4. The van der Waals surface area contributed by atoms with Gasteiger partial charge in [-0.15, -0.1) is 0 Å². The Balaban J connectivity index is 1.93. The van der Waals surface area contributed by atoms with Gasteiger partial charge in [0.1, 0.15) is 5.75 Å². The Morgan fingerprint density at radius 1 is 1.14 bits per heavy atom. The normalized spacial score (nSPS) is 15.3. The number of carbonyl (C=O) groups is 2. The van der Waals surface area contributed by atoms with Crippen LogP contribution in [0.4, 0.5) is 5.69 Å². The molecule has 1 amide bonds. The molecule has 182 valence electrons. The molecule has 0 bridgehead atoms. The summed E-state index contributed by atoms with van der Waals surface area (Å²) in [6, 6.07) is 15.3. The summed E-state index contributed by atoms with van der Waals surface area (Å²) in [5.74, 6) is -0.754. The Bertz CT molecular complexity index is 1240. The van der Waals surface area contributed by atoms with Crippen LogP contribution in [0.5, 0.6) is 5.75 Å². The number of esters is 1. The Hall–Kier alpha value is -3.70. The van der Waals surface area contributed by atoms with Crippen molar-refractivity contribution in [1.82, 2.24) is 5.32 Å². The molecule has 35 heavy (non-hydrogen) atoms. The summed E-state index contributed by atoms with van der Waals surface area (Å²) >= 11 is 1.21. The zero-order valence-corrected chi connectivity index (χ0v) is 21.3. The number of nitrogens with zero attached hydrogens (tertiary/aromatic N) is 1. The van der Waals surface area contributed by atoms with E-state index in [-0.39, 0.29) is 11.7 Å². The van der Waals surface area contributed by atoms with Crippen molar-refractivity contribution in [2.75, 3.05) is 24.8 Å². The second-order valence-corrected chi connectivity index (χ2v) is 9.04. The Kier molecular flexibility index (Phi) is 8.61. The Morgan fingerprint density at radius 2 is 1.89 bits per heavy atom. The summed E-state index contributed by atoms with van der Waals surface area (Å²) in [6.45, 7) is 8.07. The van der Waals surface area contributed by atoms with Gasteiger partial charge in [-0.25, -0.2) is 4.79 Å². The molecule has 7 nitrogen and oxygen atoms in total. The molecule has 3 rings (SSSR count). The highest BCUT2D eigenvalue weighted by molar-refractivity contribution is 8.03. The van der Waals surface area contributed by atoms with Gasteiger partial charge in [-0.05, 0) is 57.0 Å². The molecule has 0 saturated heterocycles. The van der Waals surface area contributed by atoms with Crippen LogP contribution in [-0.4, -0.2) is 31.3 Å². The van der Waals surface area contributed by atoms with E-state index < -0.39 is 11.9 Å². The number of anilines is 1. The molecule has 0 aromatic heterocycles. The average Bonchev–Trinajstić information content (AvgIpc) is 2.84. The van der Waals surface area contributed by atoms with E-state index in [0.29, 0.717) is 39.8 Å². The van der Waals surface area contributed by atoms with Crippen LogP contribution in [0.1, 0.15) is 36.5 Å². The SMILES string of the molecule is CCOc1ccccc1[C@@H]1C(C#N)=C(SCC(=O)Nc2ccc(C)c(C)c2)NC(C)=C1C(=O)OC. The summed E-state index contributed by atoms with van der Waals surface area (Å²) in [6.07, 6.45) is 0. The van der Waals surface area contributed by atoms with E-state index in [1.807, 2.05) is 63.2 Å². The van der Waals surface area contributed by atoms with Crippen molar-refractivity contribution >= 4 is 29.3 Å². The number of allylic oxidation sites excluding steroid dienone is 2. The lowest BCUT2D eigenvalue weighted by Gasteiger charge is -2.30. The predicted molar refractivity (Wildman–Crippen MR) is 138 cm³/mol. The number of dihydropyridines is 1. The third-order valence-corrected chi connectivity index (χ3v) is 6.74. The van der Waals surface area contributed by atoms with Gasteiger partial charge in [-0.3, -0.25) is 4.79 Å². The second-order valence-electron chi connectivity index (χ2n) is 8.05. The molecule has 0 unspecified atom stereocenters. The highest BCUT2D eigenvalue weighted by Gasteiger charge is 2.37. The number of ether oxygens (including phenoxy) is 2. The van der Waals surface area contributed by atoms with Crippen LogP contribution in [0.3, 0.4) is 0 Å². The van der Waals surface area contributed by atoms with E-state index in [4.69, 9.17) is 9.47 Å². The molecule has 1 heterocycles. The minimum Gasteiger partial charge on any atom is -0.494 e. The van der Waals surface area contributed by atoms with Crippen molar-refractivity contribution < 1.29 is 19.1 Å². The van der Waals surface area contributed by atoms with E-state index in [0.717, 1.165) is 16.8 Å². The molecule has 0 aliphatic carbocycles. The molecule has 2 N–H and O–H groups in total. The lowest BCUT2D eigenvalue weighted by Crippen LogP contribution is -2.29. The lowest BCUT2D eigenvalue weighted by molar-refractivity contribution is -0.136. The second kappa shape index (κ2) is 11.6. The van der Waals surface area contributed by atoms with Crippen LogP contribution in [0.15, 0.2) is 64.3 Å². The number of methoxy groups -OCH3 is 1. The fourth-order valence-corrected chi connectivity index (χ4v) is 4.77. The highest BCUT2D eigenvalue weighted by atomic mass is 32.2. The zero-order valence-electron chi connectivity index (χ0n) is 20.5. The van der Waals surface area contributed by atoms with Crippen molar-refractivity contribution in [3.05, 3.63) is 81.0 Å². The van der Waals surface area contributed by atoms with Gasteiger partial charge < -0.3 is 20.1 Å². The first-order chi connectivity index (χ1) is 16.8. The summed E-state index contributed by atoms with van der Waals surface area (Å²) in [5.41, 5.74) is 4.86. The molecule has 1 aliphatic heterocycles. The van der Waals surface area contributed by atoms with Gasteiger partial charge in [-0.1, -0.05) is 36.0 Å². The van der Waals surface area contributed by atoms with Crippen molar-refractivity contribution in [2.24, 2.45) is 0 Å². The first-order valence-electron chi connectivity index (χ1n) is 11.2. The number of para-hydroxylation sites is 1. The maximum Gasteiger partial charge on any atom is 0.336 e. The van der Waals surface area contributed by atoms with Crippen LogP contribution in [0.25, 0.3) is 0 Å². The minimum absolute atomic E-state index is 0.0844. The minimum atomic E-state index is -0.693. The van der Waals surface area contributed by atoms with E-state index >= 15 is 0 Å². The monoisotopic (exact) mass is 491 g/mol. The molecular weight excluding hydrogens is 462 g/mol. The lowest BCUT2D eigenvalue weighted by atomic mass is 9.82. The van der Waals surface area contributed by atoms with Crippen LogP contribution in [-0.2, 0) is 14.3 Å². The number of thioether (sulfide) groups is 1. The predicted octanol–water partition coefficient (Wildman–Crippen LogP) is 4.94. The number of aryl methyl sites for hydroxylation is 2.